The quantitative estimate of drug-likeness (QED) is 0.607. The van der Waals surface area contributed by atoms with Crippen LogP contribution in [0.15, 0.2) is 41.3 Å². The van der Waals surface area contributed by atoms with Crippen LogP contribution in [0.3, 0.4) is 0 Å². The van der Waals surface area contributed by atoms with E-state index in [-0.39, 0.29) is 41.1 Å². The van der Waals surface area contributed by atoms with E-state index in [1.54, 1.807) is 38.1 Å². The summed E-state index contributed by atoms with van der Waals surface area (Å²) < 4.78 is 5.45. The Balaban J connectivity index is 0.00000242. The average molecular weight is 364 g/mol. The SMILES string of the molecule is Cc1cc(OP(O)(=S)Sc2ccc(O)c(C)c2)ccc1[O-].[Na+]. The van der Waals surface area contributed by atoms with E-state index in [4.69, 9.17) is 16.3 Å². The Bertz CT molecular complexity index is 666. The second-order valence-electron chi connectivity index (χ2n) is 4.53. The summed E-state index contributed by atoms with van der Waals surface area (Å²) in [7, 11) is 0. The van der Waals surface area contributed by atoms with Gasteiger partial charge >= 0.3 is 29.6 Å². The third kappa shape index (κ3) is 5.46. The summed E-state index contributed by atoms with van der Waals surface area (Å²) in [5, 5.41) is 20.8. The van der Waals surface area contributed by atoms with Gasteiger partial charge in [-0.1, -0.05) is 11.6 Å². The van der Waals surface area contributed by atoms with Gasteiger partial charge in [0.1, 0.15) is 11.5 Å². The van der Waals surface area contributed by atoms with Crippen LogP contribution in [-0.4, -0.2) is 10.00 Å². The maximum Gasteiger partial charge on any atom is 1.00 e. The van der Waals surface area contributed by atoms with Crippen molar-refractivity contribution in [2.75, 3.05) is 0 Å². The fourth-order valence-corrected chi connectivity index (χ4v) is 5.23. The fraction of sp³-hybridized carbons (Fsp3) is 0.143. The molecule has 2 aromatic carbocycles. The van der Waals surface area contributed by atoms with Crippen LogP contribution in [0.2, 0.25) is 0 Å². The zero-order valence-electron chi connectivity index (χ0n) is 12.4. The van der Waals surface area contributed by atoms with Crippen molar-refractivity contribution >= 4 is 28.9 Å². The van der Waals surface area contributed by atoms with Gasteiger partial charge in [0.15, 0.2) is 0 Å². The van der Waals surface area contributed by atoms with Crippen LogP contribution in [0.1, 0.15) is 11.1 Å². The van der Waals surface area contributed by atoms with Crippen LogP contribution >= 0.6 is 17.1 Å². The first kappa shape index (κ1) is 19.8. The molecule has 2 rings (SSSR count). The van der Waals surface area contributed by atoms with Crippen LogP contribution in [0.25, 0.3) is 0 Å². The largest absolute Gasteiger partial charge is 1.00 e. The maximum atomic E-state index is 11.3. The number of phenols is 1. The van der Waals surface area contributed by atoms with Crippen molar-refractivity contribution in [1.29, 1.82) is 0 Å². The molecule has 2 aromatic rings. The molecule has 0 aliphatic carbocycles. The summed E-state index contributed by atoms with van der Waals surface area (Å²) in [5.74, 6) is 0.476. The van der Waals surface area contributed by atoms with Gasteiger partial charge in [-0.05, 0) is 72.9 Å². The van der Waals surface area contributed by atoms with E-state index in [9.17, 15) is 15.1 Å². The molecular weight excluding hydrogens is 350 g/mol. The predicted octanol–water partition coefficient (Wildman–Crippen LogP) is 0.475. The Labute approximate surface area is 160 Å². The van der Waals surface area contributed by atoms with Crippen molar-refractivity contribution in [3.05, 3.63) is 47.5 Å². The predicted molar refractivity (Wildman–Crippen MR) is 86.5 cm³/mol. The second-order valence-corrected chi connectivity index (χ2v) is 10.5. The number of hydrogen-bond acceptors (Lipinski definition) is 5. The van der Waals surface area contributed by atoms with Gasteiger partial charge in [-0.2, -0.15) is 0 Å². The minimum atomic E-state index is -3.14. The van der Waals surface area contributed by atoms with Gasteiger partial charge < -0.3 is 19.6 Å². The van der Waals surface area contributed by atoms with Crippen molar-refractivity contribution in [1.82, 2.24) is 0 Å². The van der Waals surface area contributed by atoms with Crippen LogP contribution in [0.4, 0.5) is 0 Å². The standard InChI is InChI=1S/C14H15O4PS2.Na/c1-9-7-11(3-5-13(9)15)18-19(17,20)21-12-4-6-14(16)10(2)8-12;/h3-8,15-16H,1-2H3,(H,17,20);/q;+1/p-1. The zero-order valence-corrected chi connectivity index (χ0v) is 17.0. The van der Waals surface area contributed by atoms with Crippen LogP contribution < -0.4 is 39.2 Å². The Kier molecular flexibility index (Phi) is 7.27. The molecule has 0 aromatic heterocycles. The maximum absolute atomic E-state index is 11.3. The van der Waals surface area contributed by atoms with Gasteiger partial charge in [0.25, 0.3) is 5.69 Å². The van der Waals surface area contributed by atoms with E-state index in [1.165, 1.54) is 12.1 Å². The minimum absolute atomic E-state index is 0. The molecule has 8 heteroatoms. The van der Waals surface area contributed by atoms with Crippen molar-refractivity contribution in [2.24, 2.45) is 0 Å². The zero-order chi connectivity index (χ0) is 15.6. The molecule has 1 unspecified atom stereocenters. The third-order valence-electron chi connectivity index (χ3n) is 2.76. The minimum Gasteiger partial charge on any atom is -0.872 e. The van der Waals surface area contributed by atoms with E-state index in [0.717, 1.165) is 11.4 Å². The number of benzene rings is 2. The molecule has 0 aliphatic heterocycles. The normalized spacial score (nSPS) is 13.0. The van der Waals surface area contributed by atoms with Gasteiger partial charge in [0, 0.05) is 4.90 Å². The van der Waals surface area contributed by atoms with Crippen molar-refractivity contribution in [2.45, 2.75) is 18.7 Å². The molecule has 22 heavy (non-hydrogen) atoms. The molecule has 1 atom stereocenters. The summed E-state index contributed by atoms with van der Waals surface area (Å²) >= 11 is 6.17. The second kappa shape index (κ2) is 8.06. The third-order valence-corrected chi connectivity index (χ3v) is 6.34. The first-order valence-electron chi connectivity index (χ1n) is 6.06. The summed E-state index contributed by atoms with van der Waals surface area (Å²) in [6, 6.07) is 9.38. The molecule has 0 saturated carbocycles. The molecule has 2 N–H and O–H groups in total. The molecule has 0 fully saturated rings. The molecule has 0 saturated heterocycles. The van der Waals surface area contributed by atoms with Crippen molar-refractivity contribution in [3.63, 3.8) is 0 Å². The number of aryl methyl sites for hydroxylation is 2. The number of hydrogen-bond donors (Lipinski definition) is 2. The molecule has 0 radical (unpaired) electrons. The van der Waals surface area contributed by atoms with Gasteiger partial charge in [-0.25, -0.2) is 0 Å². The summed E-state index contributed by atoms with van der Waals surface area (Å²) in [4.78, 5) is 11.0. The Hall–Kier alpha value is -0.200. The number of aromatic hydroxyl groups is 1. The topological polar surface area (TPSA) is 72.8 Å². The smallest absolute Gasteiger partial charge is 0.872 e. The first-order valence-corrected chi connectivity index (χ1v) is 10.2. The number of phenolic OH excluding ortho intramolecular Hbond substituents is 1. The van der Waals surface area contributed by atoms with Crippen molar-refractivity contribution < 1.29 is 49.2 Å². The average Bonchev–Trinajstić information content (AvgIpc) is 2.37. The molecule has 4 nitrogen and oxygen atoms in total. The summed E-state index contributed by atoms with van der Waals surface area (Å²) in [5.41, 5.74) is -1.91. The molecule has 0 spiro atoms. The van der Waals surface area contributed by atoms with Crippen LogP contribution in [-0.2, 0) is 11.8 Å². The Morgan fingerprint density at radius 3 is 2.41 bits per heavy atom. The van der Waals surface area contributed by atoms with Crippen LogP contribution in [0.5, 0.6) is 17.2 Å². The molecule has 112 valence electrons. The molecule has 0 heterocycles. The molecule has 0 bridgehead atoms. The molecular formula is C14H14NaO4PS2. The van der Waals surface area contributed by atoms with Crippen molar-refractivity contribution in [3.8, 4) is 17.2 Å². The summed E-state index contributed by atoms with van der Waals surface area (Å²) in [6.45, 7) is 3.43. The summed E-state index contributed by atoms with van der Waals surface area (Å²) in [6.07, 6.45) is 0. The van der Waals surface area contributed by atoms with Gasteiger partial charge in [0.05, 0.1) is 0 Å². The van der Waals surface area contributed by atoms with E-state index in [1.807, 2.05) is 0 Å². The molecule has 0 aliphatic rings. The molecule has 0 amide bonds. The monoisotopic (exact) mass is 364 g/mol. The van der Waals surface area contributed by atoms with E-state index < -0.39 is 5.69 Å². The van der Waals surface area contributed by atoms with E-state index in [2.05, 4.69) is 0 Å². The van der Waals surface area contributed by atoms with Crippen LogP contribution in [0, 0.1) is 13.8 Å². The van der Waals surface area contributed by atoms with Gasteiger partial charge in [-0.3, -0.25) is 0 Å². The Morgan fingerprint density at radius 2 is 1.82 bits per heavy atom. The van der Waals surface area contributed by atoms with E-state index >= 15 is 0 Å². The first-order chi connectivity index (χ1) is 9.77. The van der Waals surface area contributed by atoms with Gasteiger partial charge in [0.2, 0.25) is 0 Å². The fourth-order valence-electron chi connectivity index (χ4n) is 1.65. The van der Waals surface area contributed by atoms with E-state index in [0.29, 0.717) is 21.8 Å². The number of rotatable bonds is 4. The Morgan fingerprint density at radius 1 is 1.14 bits per heavy atom. The van der Waals surface area contributed by atoms with Gasteiger partial charge in [-0.15, -0.1) is 5.75 Å².